The molecule has 5 N–H and O–H groups in total. The molecule has 1 heterocycles. The van der Waals surface area contributed by atoms with Crippen LogP contribution < -0.4 is 0 Å². The number of carboxylic acids is 3. The summed E-state index contributed by atoms with van der Waals surface area (Å²) in [7, 11) is 2.05. The van der Waals surface area contributed by atoms with Crippen molar-refractivity contribution in [3.05, 3.63) is 0 Å². The van der Waals surface area contributed by atoms with Gasteiger partial charge in [-0.05, 0) is 7.05 Å². The standard InChI is InChI=1S/C7H14N2O2.C4H6O6/c1-8-2-4-9(5-3-8)6-7(10)11;5-1(3(7)8)2(6)4(9)10/h2-6H2,1H3,(H,10,11);1-2,5-6H,(H,7,8)(H,9,10). The van der Waals surface area contributed by atoms with Crippen molar-refractivity contribution in [3.63, 3.8) is 0 Å². The first-order chi connectivity index (χ1) is 9.65. The second-order valence-corrected chi connectivity index (χ2v) is 4.54. The average Bonchev–Trinajstić information content (AvgIpc) is 2.39. The number of carbonyl (C=O) groups is 3. The normalized spacial score (nSPS) is 19.0. The van der Waals surface area contributed by atoms with Crippen LogP contribution in [0.5, 0.6) is 0 Å². The van der Waals surface area contributed by atoms with Gasteiger partial charge in [0.05, 0.1) is 6.54 Å². The summed E-state index contributed by atoms with van der Waals surface area (Å²) in [5.74, 6) is -4.26. The number of likely N-dealkylation sites (N-methyl/N-ethyl adjacent to an activating group) is 1. The van der Waals surface area contributed by atoms with E-state index in [9.17, 15) is 14.4 Å². The Hall–Kier alpha value is -1.75. The average molecular weight is 308 g/mol. The molecule has 0 aromatic rings. The quantitative estimate of drug-likeness (QED) is 0.359. The summed E-state index contributed by atoms with van der Waals surface area (Å²) in [5.41, 5.74) is 0. The van der Waals surface area contributed by atoms with Gasteiger partial charge in [0.15, 0.2) is 12.2 Å². The minimum absolute atomic E-state index is 0.188. The molecule has 0 saturated carbocycles. The molecule has 1 fully saturated rings. The highest BCUT2D eigenvalue weighted by Crippen LogP contribution is 1.97. The molecule has 1 rings (SSSR count). The lowest BCUT2D eigenvalue weighted by Crippen LogP contribution is -2.46. The molecule has 10 nitrogen and oxygen atoms in total. The van der Waals surface area contributed by atoms with Gasteiger partial charge in [-0.25, -0.2) is 9.59 Å². The van der Waals surface area contributed by atoms with E-state index in [4.69, 9.17) is 25.5 Å². The molecule has 0 bridgehead atoms. The van der Waals surface area contributed by atoms with Crippen molar-refractivity contribution in [2.75, 3.05) is 39.8 Å². The summed E-state index contributed by atoms with van der Waals surface area (Å²) < 4.78 is 0. The van der Waals surface area contributed by atoms with E-state index in [0.717, 1.165) is 26.2 Å². The lowest BCUT2D eigenvalue weighted by molar-refractivity contribution is -0.165. The van der Waals surface area contributed by atoms with E-state index in [-0.39, 0.29) is 6.54 Å². The number of hydrogen-bond donors (Lipinski definition) is 5. The summed E-state index contributed by atoms with van der Waals surface area (Å²) in [6.45, 7) is 3.90. The fourth-order valence-corrected chi connectivity index (χ4v) is 1.47. The first-order valence-electron chi connectivity index (χ1n) is 6.09. The van der Waals surface area contributed by atoms with Gasteiger partial charge in [0.1, 0.15) is 0 Å². The van der Waals surface area contributed by atoms with Gasteiger partial charge >= 0.3 is 17.9 Å². The topological polar surface area (TPSA) is 159 Å². The number of aliphatic hydroxyl groups excluding tert-OH is 2. The van der Waals surface area contributed by atoms with Gasteiger partial charge in [-0.3, -0.25) is 9.69 Å². The van der Waals surface area contributed by atoms with Crippen molar-refractivity contribution >= 4 is 17.9 Å². The number of piperazine rings is 1. The van der Waals surface area contributed by atoms with Crippen LogP contribution in [-0.2, 0) is 14.4 Å². The summed E-state index contributed by atoms with van der Waals surface area (Å²) in [5, 5.41) is 41.0. The van der Waals surface area contributed by atoms with Crippen molar-refractivity contribution in [3.8, 4) is 0 Å². The maximum Gasteiger partial charge on any atom is 0.335 e. The van der Waals surface area contributed by atoms with Gasteiger partial charge in [-0.15, -0.1) is 0 Å². The second-order valence-electron chi connectivity index (χ2n) is 4.54. The third-order valence-electron chi connectivity index (χ3n) is 2.76. The Morgan fingerprint density at radius 3 is 1.57 bits per heavy atom. The SMILES string of the molecule is CN1CCN(CC(=O)O)CC1.O=C(O)C(O)C(O)C(=O)O. The fraction of sp³-hybridized carbons (Fsp3) is 0.727. The van der Waals surface area contributed by atoms with Crippen LogP contribution >= 0.6 is 0 Å². The third-order valence-corrected chi connectivity index (χ3v) is 2.76. The molecule has 21 heavy (non-hydrogen) atoms. The van der Waals surface area contributed by atoms with Crippen LogP contribution in [0.1, 0.15) is 0 Å². The number of aliphatic hydroxyl groups is 2. The third kappa shape index (κ3) is 8.19. The monoisotopic (exact) mass is 308 g/mol. The Morgan fingerprint density at radius 1 is 0.905 bits per heavy atom. The van der Waals surface area contributed by atoms with E-state index in [1.54, 1.807) is 0 Å². The van der Waals surface area contributed by atoms with Crippen LogP contribution in [0.25, 0.3) is 0 Å². The van der Waals surface area contributed by atoms with E-state index in [1.807, 2.05) is 4.90 Å². The highest BCUT2D eigenvalue weighted by molar-refractivity contribution is 5.83. The highest BCUT2D eigenvalue weighted by atomic mass is 16.4. The molecule has 0 aromatic heterocycles. The molecule has 0 amide bonds. The van der Waals surface area contributed by atoms with Crippen molar-refractivity contribution in [1.29, 1.82) is 0 Å². The van der Waals surface area contributed by atoms with Crippen LogP contribution in [0.2, 0.25) is 0 Å². The molecule has 122 valence electrons. The maximum atomic E-state index is 10.3. The molecule has 1 aliphatic rings. The van der Waals surface area contributed by atoms with Gasteiger partial charge < -0.3 is 30.4 Å². The zero-order valence-electron chi connectivity index (χ0n) is 11.5. The molecule has 0 spiro atoms. The molecule has 0 aliphatic carbocycles. The molecule has 10 heteroatoms. The number of nitrogens with zero attached hydrogens (tertiary/aromatic N) is 2. The van der Waals surface area contributed by atoms with Crippen LogP contribution in [-0.4, -0.2) is 105 Å². The van der Waals surface area contributed by atoms with Gasteiger partial charge in [-0.1, -0.05) is 0 Å². The Bertz CT molecular complexity index is 349. The fourth-order valence-electron chi connectivity index (χ4n) is 1.47. The predicted molar refractivity (Wildman–Crippen MR) is 68.9 cm³/mol. The Labute approximate surface area is 120 Å². The Kier molecular flexibility index (Phi) is 8.47. The number of rotatable bonds is 5. The molecule has 1 aliphatic heterocycles. The number of hydrogen-bond acceptors (Lipinski definition) is 7. The number of aliphatic carboxylic acids is 3. The van der Waals surface area contributed by atoms with Crippen molar-refractivity contribution in [2.45, 2.75) is 12.2 Å². The maximum absolute atomic E-state index is 10.3. The summed E-state index contributed by atoms with van der Waals surface area (Å²) in [4.78, 5) is 34.0. The van der Waals surface area contributed by atoms with Gasteiger partial charge in [0, 0.05) is 26.2 Å². The lowest BCUT2D eigenvalue weighted by atomic mass is 10.2. The molecule has 1 saturated heterocycles. The minimum atomic E-state index is -2.27. The van der Waals surface area contributed by atoms with Crippen LogP contribution in [0.3, 0.4) is 0 Å². The van der Waals surface area contributed by atoms with Gasteiger partial charge in [0.2, 0.25) is 0 Å². The first-order valence-corrected chi connectivity index (χ1v) is 6.09. The zero-order valence-corrected chi connectivity index (χ0v) is 11.5. The first kappa shape index (κ1) is 19.2. The zero-order chi connectivity index (χ0) is 16.6. The Morgan fingerprint density at radius 2 is 1.29 bits per heavy atom. The Balaban J connectivity index is 0.000000384. The van der Waals surface area contributed by atoms with Gasteiger partial charge in [-0.2, -0.15) is 0 Å². The molecule has 2 atom stereocenters. The summed E-state index contributed by atoms with van der Waals surface area (Å²) >= 11 is 0. The van der Waals surface area contributed by atoms with Crippen molar-refractivity contribution in [2.24, 2.45) is 0 Å². The van der Waals surface area contributed by atoms with E-state index in [2.05, 4.69) is 11.9 Å². The summed E-state index contributed by atoms with van der Waals surface area (Å²) in [6, 6.07) is 0. The van der Waals surface area contributed by atoms with E-state index in [1.165, 1.54) is 0 Å². The largest absolute Gasteiger partial charge is 0.480 e. The highest BCUT2D eigenvalue weighted by Gasteiger charge is 2.29. The molecule has 2 unspecified atom stereocenters. The van der Waals surface area contributed by atoms with Crippen LogP contribution in [0, 0.1) is 0 Å². The summed E-state index contributed by atoms with van der Waals surface area (Å²) in [6.07, 6.45) is -4.53. The smallest absolute Gasteiger partial charge is 0.335 e. The molecule has 0 aromatic carbocycles. The van der Waals surface area contributed by atoms with E-state index in [0.29, 0.717) is 0 Å². The lowest BCUT2D eigenvalue weighted by Gasteiger charge is -2.30. The molecular weight excluding hydrogens is 288 g/mol. The van der Waals surface area contributed by atoms with Gasteiger partial charge in [0.25, 0.3) is 0 Å². The van der Waals surface area contributed by atoms with Crippen molar-refractivity contribution < 1.29 is 39.9 Å². The van der Waals surface area contributed by atoms with E-state index >= 15 is 0 Å². The van der Waals surface area contributed by atoms with E-state index < -0.39 is 30.1 Å². The molecule has 0 radical (unpaired) electrons. The van der Waals surface area contributed by atoms with Crippen LogP contribution in [0.15, 0.2) is 0 Å². The minimum Gasteiger partial charge on any atom is -0.480 e. The molecular formula is C11H20N2O8. The predicted octanol–water partition coefficient (Wildman–Crippen LogP) is -2.80. The number of carboxylic acid groups (broad SMARTS) is 3. The van der Waals surface area contributed by atoms with Crippen LogP contribution in [0.4, 0.5) is 0 Å². The second kappa shape index (κ2) is 9.23. The van der Waals surface area contributed by atoms with Crippen molar-refractivity contribution in [1.82, 2.24) is 9.80 Å².